The van der Waals surface area contributed by atoms with Crippen molar-refractivity contribution in [3.8, 4) is 0 Å². The van der Waals surface area contributed by atoms with Crippen LogP contribution in [0.25, 0.3) is 0 Å². The Kier molecular flexibility index (Phi) is 53.6. The summed E-state index contributed by atoms with van der Waals surface area (Å²) >= 11 is 0. The monoisotopic (exact) mass is 245 g/mol. The van der Waals surface area contributed by atoms with E-state index in [1.807, 2.05) is 0 Å². The second-order valence-electron chi connectivity index (χ2n) is 0.238. The summed E-state index contributed by atoms with van der Waals surface area (Å²) in [6, 6.07) is 0. The van der Waals surface area contributed by atoms with Crippen molar-refractivity contribution in [3.63, 3.8) is 0 Å². The predicted molar refractivity (Wildman–Crippen MR) is 25.7 cm³/mol. The molecule has 0 fully saturated rings. The summed E-state index contributed by atoms with van der Waals surface area (Å²) in [5.74, 6) is 0. The van der Waals surface area contributed by atoms with E-state index in [-0.39, 0.29) is 67.3 Å². The van der Waals surface area contributed by atoms with E-state index < -0.39 is 5.09 Å². The van der Waals surface area contributed by atoms with Gasteiger partial charge in [-0.2, -0.15) is 0 Å². The third-order valence-electron chi connectivity index (χ3n) is 0. The fraction of sp³-hybridized carbons (Fsp3) is 0. The molecule has 0 aromatic carbocycles. The Hall–Kier alpha value is 1.29. The first-order valence-electron chi connectivity index (χ1n) is 0.565. The molecular weight excluding hydrogens is 239 g/mol. The van der Waals surface area contributed by atoms with Crippen molar-refractivity contribution in [1.29, 1.82) is 0 Å². The van der Waals surface area contributed by atoms with Crippen LogP contribution in [-0.4, -0.2) is 34.2 Å². The van der Waals surface area contributed by atoms with Gasteiger partial charge in [-0.05, 0) is 0 Å². The van der Waals surface area contributed by atoms with Crippen LogP contribution in [0, 0.1) is 10.1 Å². The molecule has 0 saturated carbocycles. The van der Waals surface area contributed by atoms with Gasteiger partial charge in [0.1, 0.15) is 0 Å². The zero-order valence-electron chi connectivity index (χ0n) is 4.83. The van der Waals surface area contributed by atoms with Crippen LogP contribution in [-0.2, 0) is 0 Å². The second-order valence-corrected chi connectivity index (χ2v) is 0.238. The molecule has 1 N–H and O–H groups in total. The molecule has 2 radical (unpaired) electrons. The number of halogens is 1. The van der Waals surface area contributed by atoms with Gasteiger partial charge in [-0.1, -0.05) is 0 Å². The number of hydrogen-bond acceptors (Lipinski definition) is 2. The molecule has 0 unspecified atom stereocenters. The molecule has 7 heavy (non-hydrogen) atoms. The van der Waals surface area contributed by atoms with Crippen molar-refractivity contribution in [2.75, 3.05) is 0 Å². The molecule has 4 nitrogen and oxygen atoms in total. The predicted octanol–water partition coefficient (Wildman–Crippen LogP) is -3.73. The topological polar surface area (TPSA) is 63.4 Å². The van der Waals surface area contributed by atoms with Crippen LogP contribution in [0.1, 0.15) is 1.43 Å². The summed E-state index contributed by atoms with van der Waals surface area (Å²) in [5.41, 5.74) is 0. The zero-order valence-corrected chi connectivity index (χ0v) is 10.7. The number of nitrogens with zero attached hydrogens (tertiary/aromatic N) is 1. The third kappa shape index (κ3) is 123. The summed E-state index contributed by atoms with van der Waals surface area (Å²) < 4.78 is 0. The van der Waals surface area contributed by atoms with Crippen LogP contribution in [0.15, 0.2) is 0 Å². The third-order valence-corrected chi connectivity index (χ3v) is 0. The van der Waals surface area contributed by atoms with Gasteiger partial charge in [0.25, 0.3) is 5.09 Å². The number of rotatable bonds is 0. The first-order chi connectivity index (χ1) is 1.73. The summed E-state index contributed by atoms with van der Waals surface area (Å²) in [6.45, 7) is 0. The van der Waals surface area contributed by atoms with Gasteiger partial charge in [0.2, 0.25) is 0 Å². The van der Waals surface area contributed by atoms with Gasteiger partial charge < -0.3 is 6.63 Å². The van der Waals surface area contributed by atoms with Crippen LogP contribution in [0.5, 0.6) is 0 Å². The fourth-order valence-electron chi connectivity index (χ4n) is 0. The van der Waals surface area contributed by atoms with E-state index in [1.54, 1.807) is 0 Å². The van der Waals surface area contributed by atoms with Gasteiger partial charge in [-0.15, -0.1) is 22.5 Å². The minimum atomic E-state index is -1.50. The molecule has 0 saturated heterocycles. The van der Waals surface area contributed by atoms with Crippen molar-refractivity contribution >= 4 is 36.3 Å². The quantitative estimate of drug-likeness (QED) is 0.271. The van der Waals surface area contributed by atoms with E-state index in [0.717, 1.165) is 0 Å². The Morgan fingerprint density at radius 1 is 1.71 bits per heavy atom. The second kappa shape index (κ2) is 15.7. The molecule has 0 rings (SSSR count). The SMILES string of the molecule is Cl.O=[N+]([O-])O.[H-].[Na+].[SnH2]. The molecule has 40 valence electrons. The van der Waals surface area contributed by atoms with Crippen molar-refractivity contribution < 1.29 is 41.3 Å². The molecule has 0 heterocycles. The van der Waals surface area contributed by atoms with Gasteiger partial charge in [0, 0.05) is 0 Å². The first-order valence-corrected chi connectivity index (χ1v) is 0.565. The van der Waals surface area contributed by atoms with Crippen LogP contribution in [0.2, 0.25) is 0 Å². The average molecular weight is 244 g/mol. The molecule has 0 aliphatic heterocycles. The molecular formula is H5ClNNaO3Sn. The van der Waals surface area contributed by atoms with Crippen molar-refractivity contribution in [3.05, 3.63) is 10.1 Å². The molecule has 0 atom stereocenters. The molecule has 0 aromatic heterocycles. The Bertz CT molecular complexity index is 42.3. The molecule has 0 spiro atoms. The van der Waals surface area contributed by atoms with E-state index in [1.165, 1.54) is 0 Å². The van der Waals surface area contributed by atoms with Crippen LogP contribution in [0.3, 0.4) is 0 Å². The molecule has 7 heteroatoms. The summed E-state index contributed by atoms with van der Waals surface area (Å²) in [4.78, 5) is 8.36. The minimum absolute atomic E-state index is 0. The number of hydrogen-bond donors (Lipinski definition) is 1. The van der Waals surface area contributed by atoms with Crippen molar-refractivity contribution in [2.24, 2.45) is 0 Å². The molecule has 0 aromatic rings. The average Bonchev–Trinajstić information content (AvgIpc) is 0.811. The van der Waals surface area contributed by atoms with Crippen LogP contribution >= 0.6 is 12.4 Å². The maximum atomic E-state index is 8.36. The Balaban J connectivity index is -0.00000000750. The fourth-order valence-corrected chi connectivity index (χ4v) is 0. The Morgan fingerprint density at radius 3 is 1.71 bits per heavy atom. The Morgan fingerprint density at radius 2 is 1.71 bits per heavy atom. The zero-order chi connectivity index (χ0) is 3.58. The summed E-state index contributed by atoms with van der Waals surface area (Å²) in [6.07, 6.45) is 0. The van der Waals surface area contributed by atoms with E-state index >= 15 is 0 Å². The van der Waals surface area contributed by atoms with Crippen LogP contribution < -0.4 is 29.6 Å². The normalized spacial score (nSPS) is 3.43. The molecule has 0 aliphatic carbocycles. The van der Waals surface area contributed by atoms with E-state index in [4.69, 9.17) is 15.3 Å². The Labute approximate surface area is 86.9 Å². The van der Waals surface area contributed by atoms with Crippen molar-refractivity contribution in [1.82, 2.24) is 0 Å². The van der Waals surface area contributed by atoms with Gasteiger partial charge >= 0.3 is 53.5 Å². The van der Waals surface area contributed by atoms with Crippen molar-refractivity contribution in [2.45, 2.75) is 0 Å². The van der Waals surface area contributed by atoms with E-state index in [9.17, 15) is 0 Å². The van der Waals surface area contributed by atoms with E-state index in [0.29, 0.717) is 0 Å². The van der Waals surface area contributed by atoms with Gasteiger partial charge in [-0.25, -0.2) is 0 Å². The van der Waals surface area contributed by atoms with Crippen LogP contribution in [0.4, 0.5) is 0 Å². The summed E-state index contributed by atoms with van der Waals surface area (Å²) in [5, 5.41) is 13.6. The van der Waals surface area contributed by atoms with E-state index in [2.05, 4.69) is 0 Å². The standard InChI is InChI=1S/ClH.HNO3.Na.Sn.3H/c;2-1(3)4;;;;;/h1H;(H,2,3,4);;;;;/q;;+1;;;;-1. The maximum absolute atomic E-state index is 8.36. The molecule has 0 aliphatic rings. The molecule has 0 bridgehead atoms. The first kappa shape index (κ1) is 23.9. The molecule has 0 amide bonds. The summed E-state index contributed by atoms with van der Waals surface area (Å²) in [7, 11) is 0. The van der Waals surface area contributed by atoms with Gasteiger partial charge in [-0.3, -0.25) is 0 Å². The van der Waals surface area contributed by atoms with Gasteiger partial charge in [0.05, 0.1) is 0 Å². The van der Waals surface area contributed by atoms with Gasteiger partial charge in [0.15, 0.2) is 0 Å².